The van der Waals surface area contributed by atoms with Crippen molar-refractivity contribution in [3.8, 4) is 0 Å². The van der Waals surface area contributed by atoms with Crippen molar-refractivity contribution in [2.24, 2.45) is 4.99 Å². The summed E-state index contributed by atoms with van der Waals surface area (Å²) in [6.07, 6.45) is 0. The zero-order valence-electron chi connectivity index (χ0n) is 12.2. The van der Waals surface area contributed by atoms with Gasteiger partial charge in [0.05, 0.1) is 13.2 Å². The van der Waals surface area contributed by atoms with Crippen LogP contribution in [-0.4, -0.2) is 32.3 Å². The van der Waals surface area contributed by atoms with Gasteiger partial charge in [-0.05, 0) is 26.3 Å². The Bertz CT molecular complexity index is 373. The van der Waals surface area contributed by atoms with Crippen molar-refractivity contribution in [3.63, 3.8) is 0 Å². The Morgan fingerprint density at radius 1 is 1.16 bits per heavy atom. The van der Waals surface area contributed by atoms with Crippen LogP contribution in [0.25, 0.3) is 0 Å². The lowest BCUT2D eigenvalue weighted by Crippen LogP contribution is -2.39. The van der Waals surface area contributed by atoms with Crippen LogP contribution in [-0.2, 0) is 11.3 Å². The van der Waals surface area contributed by atoms with Crippen LogP contribution in [0.5, 0.6) is 0 Å². The number of rotatable bonds is 7. The molecule has 0 saturated heterocycles. The van der Waals surface area contributed by atoms with Crippen molar-refractivity contribution in [3.05, 3.63) is 35.4 Å². The van der Waals surface area contributed by atoms with Gasteiger partial charge in [0.15, 0.2) is 5.96 Å². The first kappa shape index (κ1) is 15.5. The van der Waals surface area contributed by atoms with E-state index in [4.69, 9.17) is 4.74 Å². The van der Waals surface area contributed by atoms with E-state index < -0.39 is 0 Å². The highest BCUT2D eigenvalue weighted by molar-refractivity contribution is 5.79. The molecule has 0 unspecified atom stereocenters. The Balaban J connectivity index is 2.45. The normalized spacial score (nSPS) is 11.4. The minimum absolute atomic E-state index is 0.685. The van der Waals surface area contributed by atoms with E-state index in [1.165, 1.54) is 11.1 Å². The van der Waals surface area contributed by atoms with E-state index in [2.05, 4.69) is 53.7 Å². The number of aryl methyl sites for hydroxylation is 1. The second kappa shape index (κ2) is 9.39. The average Bonchev–Trinajstić information content (AvgIpc) is 2.42. The van der Waals surface area contributed by atoms with Gasteiger partial charge in [-0.25, -0.2) is 4.99 Å². The maximum atomic E-state index is 5.29. The molecule has 0 aromatic heterocycles. The minimum Gasteiger partial charge on any atom is -0.380 e. The van der Waals surface area contributed by atoms with E-state index >= 15 is 0 Å². The number of nitrogens with one attached hydrogen (secondary N) is 2. The highest BCUT2D eigenvalue weighted by Crippen LogP contribution is 2.04. The smallest absolute Gasteiger partial charge is 0.191 e. The predicted octanol–water partition coefficient (Wildman–Crippen LogP) is 2.09. The van der Waals surface area contributed by atoms with Crippen molar-refractivity contribution < 1.29 is 4.74 Å². The van der Waals surface area contributed by atoms with E-state index in [1.54, 1.807) is 0 Å². The van der Waals surface area contributed by atoms with Gasteiger partial charge in [-0.1, -0.05) is 29.8 Å². The molecule has 4 heteroatoms. The fourth-order valence-corrected chi connectivity index (χ4v) is 1.59. The van der Waals surface area contributed by atoms with Crippen molar-refractivity contribution in [1.29, 1.82) is 0 Å². The highest BCUT2D eigenvalue weighted by Gasteiger charge is 1.97. The Labute approximate surface area is 116 Å². The van der Waals surface area contributed by atoms with Gasteiger partial charge in [0.1, 0.15) is 0 Å². The molecule has 2 N–H and O–H groups in total. The summed E-state index contributed by atoms with van der Waals surface area (Å²) < 4.78 is 5.29. The van der Waals surface area contributed by atoms with Crippen LogP contribution in [0.15, 0.2) is 29.3 Å². The van der Waals surface area contributed by atoms with Gasteiger partial charge in [-0.3, -0.25) is 0 Å². The lowest BCUT2D eigenvalue weighted by atomic mass is 10.1. The first-order chi connectivity index (χ1) is 9.26. The van der Waals surface area contributed by atoms with Crippen LogP contribution >= 0.6 is 0 Å². The van der Waals surface area contributed by atoms with Gasteiger partial charge in [0.2, 0.25) is 0 Å². The Morgan fingerprint density at radius 3 is 2.53 bits per heavy atom. The molecule has 0 heterocycles. The summed E-state index contributed by atoms with van der Waals surface area (Å²) in [7, 11) is 0. The number of aliphatic imine (C=N–C) groups is 1. The topological polar surface area (TPSA) is 45.7 Å². The van der Waals surface area contributed by atoms with E-state index in [9.17, 15) is 0 Å². The van der Waals surface area contributed by atoms with Crippen LogP contribution in [0.1, 0.15) is 25.0 Å². The van der Waals surface area contributed by atoms with E-state index in [1.807, 2.05) is 6.92 Å². The molecular weight excluding hydrogens is 238 g/mol. The molecule has 106 valence electrons. The van der Waals surface area contributed by atoms with Crippen LogP contribution < -0.4 is 10.6 Å². The molecule has 0 spiro atoms. The van der Waals surface area contributed by atoms with Crippen molar-refractivity contribution in [2.45, 2.75) is 27.3 Å². The summed E-state index contributed by atoms with van der Waals surface area (Å²) >= 11 is 0. The quantitative estimate of drug-likeness (QED) is 0.450. The molecule has 1 rings (SSSR count). The molecular formula is C15H25N3O. The van der Waals surface area contributed by atoms with Crippen LogP contribution in [0.4, 0.5) is 0 Å². The molecule has 1 aromatic carbocycles. The maximum Gasteiger partial charge on any atom is 0.191 e. The number of benzene rings is 1. The first-order valence-corrected chi connectivity index (χ1v) is 6.91. The van der Waals surface area contributed by atoms with Gasteiger partial charge in [-0.15, -0.1) is 0 Å². The second-order valence-corrected chi connectivity index (χ2v) is 4.30. The number of hydrogen-bond donors (Lipinski definition) is 2. The molecule has 1 aromatic rings. The van der Waals surface area contributed by atoms with Gasteiger partial charge in [0, 0.05) is 19.7 Å². The molecule has 0 amide bonds. The van der Waals surface area contributed by atoms with Gasteiger partial charge < -0.3 is 15.4 Å². The zero-order valence-corrected chi connectivity index (χ0v) is 12.2. The Hall–Kier alpha value is -1.55. The van der Waals surface area contributed by atoms with E-state index in [-0.39, 0.29) is 0 Å². The Morgan fingerprint density at radius 2 is 1.89 bits per heavy atom. The fourth-order valence-electron chi connectivity index (χ4n) is 1.59. The molecule has 19 heavy (non-hydrogen) atoms. The number of hydrogen-bond acceptors (Lipinski definition) is 2. The van der Waals surface area contributed by atoms with E-state index in [0.717, 1.165) is 25.7 Å². The number of ether oxygens (including phenoxy) is 1. The van der Waals surface area contributed by atoms with Crippen LogP contribution in [0, 0.1) is 6.92 Å². The lowest BCUT2D eigenvalue weighted by molar-refractivity contribution is 0.152. The minimum atomic E-state index is 0.685. The zero-order chi connectivity index (χ0) is 13.9. The third-order valence-corrected chi connectivity index (χ3v) is 2.63. The van der Waals surface area contributed by atoms with Crippen molar-refractivity contribution in [2.75, 3.05) is 26.3 Å². The largest absolute Gasteiger partial charge is 0.380 e. The van der Waals surface area contributed by atoms with Crippen LogP contribution in [0.3, 0.4) is 0 Å². The molecule has 0 bridgehead atoms. The number of nitrogens with zero attached hydrogens (tertiary/aromatic N) is 1. The predicted molar refractivity (Wildman–Crippen MR) is 80.5 cm³/mol. The molecule has 4 nitrogen and oxygen atoms in total. The second-order valence-electron chi connectivity index (χ2n) is 4.30. The van der Waals surface area contributed by atoms with Crippen molar-refractivity contribution in [1.82, 2.24) is 10.6 Å². The standard InChI is InChI=1S/C15H25N3O/c1-4-16-15(17-10-11-19-5-2)18-12-14-8-6-13(3)7-9-14/h6-9H,4-5,10-12H2,1-3H3,(H2,16,17,18). The lowest BCUT2D eigenvalue weighted by Gasteiger charge is -2.11. The molecule has 0 saturated carbocycles. The fraction of sp³-hybridized carbons (Fsp3) is 0.533. The summed E-state index contributed by atoms with van der Waals surface area (Å²) in [5, 5.41) is 6.48. The van der Waals surface area contributed by atoms with Gasteiger partial charge in [0.25, 0.3) is 0 Å². The monoisotopic (exact) mass is 263 g/mol. The average molecular weight is 263 g/mol. The molecule has 0 fully saturated rings. The summed E-state index contributed by atoms with van der Waals surface area (Å²) in [4.78, 5) is 4.55. The summed E-state index contributed by atoms with van der Waals surface area (Å²) in [5.41, 5.74) is 2.49. The first-order valence-electron chi connectivity index (χ1n) is 6.91. The van der Waals surface area contributed by atoms with Crippen molar-refractivity contribution >= 4 is 5.96 Å². The molecule has 0 aliphatic rings. The number of guanidine groups is 1. The summed E-state index contributed by atoms with van der Waals surface area (Å²) in [6, 6.07) is 8.45. The molecule has 0 aliphatic carbocycles. The third-order valence-electron chi connectivity index (χ3n) is 2.63. The van der Waals surface area contributed by atoms with E-state index in [0.29, 0.717) is 13.2 Å². The molecule has 0 atom stereocenters. The third kappa shape index (κ3) is 6.82. The molecule has 0 aliphatic heterocycles. The Kier molecular flexibility index (Phi) is 7.66. The van der Waals surface area contributed by atoms with Gasteiger partial charge in [-0.2, -0.15) is 0 Å². The summed E-state index contributed by atoms with van der Waals surface area (Å²) in [6.45, 7) is 9.91. The highest BCUT2D eigenvalue weighted by atomic mass is 16.5. The van der Waals surface area contributed by atoms with Crippen LogP contribution in [0.2, 0.25) is 0 Å². The SMILES string of the molecule is CCNC(=NCc1ccc(C)cc1)NCCOCC. The maximum absolute atomic E-state index is 5.29. The molecule has 0 radical (unpaired) electrons. The van der Waals surface area contributed by atoms with Gasteiger partial charge >= 0.3 is 0 Å². The summed E-state index contributed by atoms with van der Waals surface area (Å²) in [5.74, 6) is 0.836.